The maximum atomic E-state index is 12.0. The molecule has 0 unspecified atom stereocenters. The van der Waals surface area contributed by atoms with Crippen molar-refractivity contribution < 1.29 is 17.9 Å². The van der Waals surface area contributed by atoms with E-state index in [4.69, 9.17) is 0 Å². The van der Waals surface area contributed by atoms with E-state index in [1.807, 2.05) is 0 Å². The number of aromatic nitrogens is 2. The van der Waals surface area contributed by atoms with E-state index in [1.54, 1.807) is 0 Å². The summed E-state index contributed by atoms with van der Waals surface area (Å²) in [6.07, 6.45) is 1.29. The molecular formula is C12H18F3N3O. The fourth-order valence-corrected chi connectivity index (χ4v) is 1.75. The summed E-state index contributed by atoms with van der Waals surface area (Å²) in [5, 5.41) is 3.11. The van der Waals surface area contributed by atoms with Crippen molar-refractivity contribution in [2.75, 3.05) is 5.32 Å². The molecule has 0 saturated carbocycles. The highest BCUT2D eigenvalue weighted by Gasteiger charge is 2.31. The number of nitrogens with zero attached hydrogens (tertiary/aromatic N) is 2. The van der Waals surface area contributed by atoms with Crippen LogP contribution < -0.4 is 10.1 Å². The van der Waals surface area contributed by atoms with Gasteiger partial charge >= 0.3 is 6.36 Å². The quantitative estimate of drug-likeness (QED) is 0.824. The second kappa shape index (κ2) is 7.16. The minimum absolute atomic E-state index is 0.240. The van der Waals surface area contributed by atoms with Crippen LogP contribution in [0.4, 0.5) is 19.1 Å². The molecule has 0 amide bonds. The number of rotatable bonds is 7. The molecule has 1 heterocycles. The second-order valence-corrected chi connectivity index (χ2v) is 4.21. The van der Waals surface area contributed by atoms with E-state index in [0.29, 0.717) is 5.95 Å². The van der Waals surface area contributed by atoms with Crippen LogP contribution in [-0.2, 0) is 0 Å². The van der Waals surface area contributed by atoms with E-state index in [-0.39, 0.29) is 6.04 Å². The third kappa shape index (κ3) is 6.26. The third-order valence-electron chi connectivity index (χ3n) is 2.47. The Morgan fingerprint density at radius 1 is 1.16 bits per heavy atom. The Morgan fingerprint density at radius 3 is 2.11 bits per heavy atom. The van der Waals surface area contributed by atoms with Crippen molar-refractivity contribution in [3.05, 3.63) is 12.4 Å². The zero-order chi connectivity index (χ0) is 14.3. The molecule has 1 aromatic rings. The van der Waals surface area contributed by atoms with Crippen LogP contribution in [0.3, 0.4) is 0 Å². The van der Waals surface area contributed by atoms with Gasteiger partial charge in [0.25, 0.3) is 0 Å². The molecule has 0 aromatic carbocycles. The van der Waals surface area contributed by atoms with Gasteiger partial charge in [-0.15, -0.1) is 13.2 Å². The summed E-state index contributed by atoms with van der Waals surface area (Å²) in [6, 6.07) is 0.240. The van der Waals surface area contributed by atoms with Crippen LogP contribution in [0.25, 0.3) is 0 Å². The van der Waals surface area contributed by atoms with Crippen LogP contribution in [0.1, 0.15) is 39.5 Å². The van der Waals surface area contributed by atoms with Crippen molar-refractivity contribution in [2.45, 2.75) is 51.9 Å². The van der Waals surface area contributed by atoms with Crippen LogP contribution in [0.2, 0.25) is 0 Å². The summed E-state index contributed by atoms with van der Waals surface area (Å²) < 4.78 is 39.6. The van der Waals surface area contributed by atoms with E-state index >= 15 is 0 Å². The Morgan fingerprint density at radius 2 is 1.68 bits per heavy atom. The van der Waals surface area contributed by atoms with Crippen molar-refractivity contribution in [1.29, 1.82) is 0 Å². The maximum Gasteiger partial charge on any atom is 0.573 e. The molecule has 7 heteroatoms. The molecule has 0 radical (unpaired) electrons. The van der Waals surface area contributed by atoms with Gasteiger partial charge < -0.3 is 10.1 Å². The molecular weight excluding hydrogens is 259 g/mol. The second-order valence-electron chi connectivity index (χ2n) is 4.21. The van der Waals surface area contributed by atoms with Crippen LogP contribution >= 0.6 is 0 Å². The topological polar surface area (TPSA) is 47.0 Å². The van der Waals surface area contributed by atoms with Gasteiger partial charge in [-0.1, -0.05) is 26.7 Å². The largest absolute Gasteiger partial charge is 0.573 e. The van der Waals surface area contributed by atoms with Crippen molar-refractivity contribution in [3.8, 4) is 5.75 Å². The minimum atomic E-state index is -4.72. The van der Waals surface area contributed by atoms with Gasteiger partial charge in [0, 0.05) is 6.04 Å². The molecule has 0 aliphatic rings. The molecule has 0 atom stereocenters. The summed E-state index contributed by atoms with van der Waals surface area (Å²) in [5.41, 5.74) is 0. The first-order valence-corrected chi connectivity index (χ1v) is 6.29. The maximum absolute atomic E-state index is 12.0. The average Bonchev–Trinajstić information content (AvgIpc) is 2.30. The fourth-order valence-electron chi connectivity index (χ4n) is 1.75. The van der Waals surface area contributed by atoms with Gasteiger partial charge in [0.05, 0.1) is 12.4 Å². The van der Waals surface area contributed by atoms with E-state index in [0.717, 1.165) is 38.1 Å². The van der Waals surface area contributed by atoms with Gasteiger partial charge in [-0.2, -0.15) is 0 Å². The highest BCUT2D eigenvalue weighted by Crippen LogP contribution is 2.21. The zero-order valence-electron chi connectivity index (χ0n) is 11.0. The van der Waals surface area contributed by atoms with E-state index in [2.05, 4.69) is 33.9 Å². The van der Waals surface area contributed by atoms with Crippen LogP contribution in [0.15, 0.2) is 12.4 Å². The van der Waals surface area contributed by atoms with Crippen molar-refractivity contribution in [2.24, 2.45) is 0 Å². The van der Waals surface area contributed by atoms with Crippen molar-refractivity contribution in [3.63, 3.8) is 0 Å². The van der Waals surface area contributed by atoms with Gasteiger partial charge in [-0.3, -0.25) is 0 Å². The summed E-state index contributed by atoms with van der Waals surface area (Å²) >= 11 is 0. The molecule has 0 bridgehead atoms. The first-order chi connectivity index (χ1) is 8.94. The molecule has 19 heavy (non-hydrogen) atoms. The van der Waals surface area contributed by atoms with Crippen LogP contribution in [0, 0.1) is 0 Å². The predicted octanol–water partition coefficient (Wildman–Crippen LogP) is 3.76. The molecule has 108 valence electrons. The lowest BCUT2D eigenvalue weighted by atomic mass is 10.1. The lowest BCUT2D eigenvalue weighted by molar-refractivity contribution is -0.274. The van der Waals surface area contributed by atoms with Gasteiger partial charge in [-0.05, 0) is 12.8 Å². The molecule has 0 aliphatic carbocycles. The summed E-state index contributed by atoms with van der Waals surface area (Å²) in [6.45, 7) is 4.15. The first kappa shape index (κ1) is 15.5. The summed E-state index contributed by atoms with van der Waals surface area (Å²) in [5.74, 6) is -0.0954. The Labute approximate surface area is 110 Å². The van der Waals surface area contributed by atoms with Crippen molar-refractivity contribution >= 4 is 5.95 Å². The number of ether oxygens (including phenoxy) is 1. The van der Waals surface area contributed by atoms with Gasteiger partial charge in [0.15, 0.2) is 5.75 Å². The monoisotopic (exact) mass is 277 g/mol. The van der Waals surface area contributed by atoms with Crippen LogP contribution in [-0.4, -0.2) is 22.4 Å². The number of halogens is 3. The first-order valence-electron chi connectivity index (χ1n) is 6.29. The molecule has 0 fully saturated rings. The third-order valence-corrected chi connectivity index (χ3v) is 2.47. The van der Waals surface area contributed by atoms with Crippen molar-refractivity contribution in [1.82, 2.24) is 9.97 Å². The molecule has 0 aliphatic heterocycles. The summed E-state index contributed by atoms with van der Waals surface area (Å²) in [7, 11) is 0. The van der Waals surface area contributed by atoms with Gasteiger partial charge in [0.1, 0.15) is 0 Å². The molecule has 0 saturated heterocycles. The number of alkyl halides is 3. The standard InChI is InChI=1S/C12H18F3N3O/c1-3-5-9(6-4-2)18-11-16-7-10(8-17-11)19-12(13,14)15/h7-9H,3-6H2,1-2H3,(H,16,17,18). The predicted molar refractivity (Wildman–Crippen MR) is 65.9 cm³/mol. The number of hydrogen-bond acceptors (Lipinski definition) is 4. The normalized spacial score (nSPS) is 11.7. The molecule has 1 aromatic heterocycles. The van der Waals surface area contributed by atoms with E-state index < -0.39 is 12.1 Å². The summed E-state index contributed by atoms with van der Waals surface area (Å²) in [4.78, 5) is 7.64. The Hall–Kier alpha value is -1.53. The molecule has 4 nitrogen and oxygen atoms in total. The van der Waals surface area contributed by atoms with E-state index in [1.165, 1.54) is 0 Å². The Balaban J connectivity index is 2.60. The lowest BCUT2D eigenvalue weighted by Crippen LogP contribution is -2.21. The molecule has 0 spiro atoms. The zero-order valence-corrected chi connectivity index (χ0v) is 11.0. The van der Waals surface area contributed by atoms with Gasteiger partial charge in [0.2, 0.25) is 5.95 Å². The Kier molecular flexibility index (Phi) is 5.85. The SMILES string of the molecule is CCCC(CCC)Nc1ncc(OC(F)(F)F)cn1. The number of hydrogen-bond donors (Lipinski definition) is 1. The molecule has 1 N–H and O–H groups in total. The average molecular weight is 277 g/mol. The Bertz CT molecular complexity index is 361. The lowest BCUT2D eigenvalue weighted by Gasteiger charge is -2.17. The number of nitrogens with one attached hydrogen (secondary N) is 1. The van der Waals surface area contributed by atoms with Crippen LogP contribution in [0.5, 0.6) is 5.75 Å². The molecule has 1 rings (SSSR count). The fraction of sp³-hybridized carbons (Fsp3) is 0.667. The highest BCUT2D eigenvalue weighted by molar-refractivity contribution is 5.28. The smallest absolute Gasteiger partial charge is 0.402 e. The minimum Gasteiger partial charge on any atom is -0.402 e. The van der Waals surface area contributed by atoms with Gasteiger partial charge in [-0.25, -0.2) is 9.97 Å². The number of anilines is 1. The highest BCUT2D eigenvalue weighted by atomic mass is 19.4. The van der Waals surface area contributed by atoms with E-state index in [9.17, 15) is 13.2 Å².